The average Bonchev–Trinajstić information content (AvgIpc) is 2.79. The van der Waals surface area contributed by atoms with Crippen LogP contribution in [0.1, 0.15) is 24.2 Å². The monoisotopic (exact) mass is 430 g/mol. The van der Waals surface area contributed by atoms with Crippen molar-refractivity contribution >= 4 is 34.9 Å². The average molecular weight is 431 g/mol. The quantitative estimate of drug-likeness (QED) is 0.436. The molecule has 0 aromatic heterocycles. The molecule has 0 bridgehead atoms. The molecular weight excluding hydrogens is 404 g/mol. The number of hydrogen-bond acceptors (Lipinski definition) is 3. The SMILES string of the molecule is CC(C)C(NC(=O)c1ccccc1)C(=O)Nc1ccc(NC(=O)Nc2ccccc2)cc1. The van der Waals surface area contributed by atoms with Crippen molar-refractivity contribution in [2.75, 3.05) is 16.0 Å². The molecule has 0 aliphatic rings. The molecule has 0 heterocycles. The normalized spacial score (nSPS) is 11.3. The first kappa shape index (κ1) is 22.6. The van der Waals surface area contributed by atoms with Crippen LogP contribution in [0.5, 0.6) is 0 Å². The second kappa shape index (κ2) is 10.8. The van der Waals surface area contributed by atoms with Crippen LogP contribution < -0.4 is 21.3 Å². The lowest BCUT2D eigenvalue weighted by molar-refractivity contribution is -0.118. The molecule has 0 radical (unpaired) electrons. The minimum Gasteiger partial charge on any atom is -0.340 e. The maximum Gasteiger partial charge on any atom is 0.323 e. The lowest BCUT2D eigenvalue weighted by atomic mass is 10.0. The zero-order valence-electron chi connectivity index (χ0n) is 18.0. The Balaban J connectivity index is 1.57. The molecule has 0 saturated carbocycles. The summed E-state index contributed by atoms with van der Waals surface area (Å²) >= 11 is 0. The molecule has 0 spiro atoms. The van der Waals surface area contributed by atoms with Crippen molar-refractivity contribution < 1.29 is 14.4 Å². The maximum absolute atomic E-state index is 12.8. The Labute approximate surface area is 187 Å². The molecule has 1 unspecified atom stereocenters. The number of hydrogen-bond donors (Lipinski definition) is 4. The number of carbonyl (C=O) groups is 3. The molecule has 3 rings (SSSR count). The molecule has 0 saturated heterocycles. The van der Waals surface area contributed by atoms with E-state index >= 15 is 0 Å². The Kier molecular flexibility index (Phi) is 7.59. The van der Waals surface area contributed by atoms with E-state index < -0.39 is 6.04 Å². The highest BCUT2D eigenvalue weighted by Gasteiger charge is 2.24. The summed E-state index contributed by atoms with van der Waals surface area (Å²) in [5, 5.41) is 11.1. The largest absolute Gasteiger partial charge is 0.340 e. The molecule has 1 atom stereocenters. The van der Waals surface area contributed by atoms with Gasteiger partial charge in [-0.25, -0.2) is 4.79 Å². The number of anilines is 3. The van der Waals surface area contributed by atoms with Crippen molar-refractivity contribution in [1.29, 1.82) is 0 Å². The second-order valence-electron chi connectivity index (χ2n) is 7.57. The lowest BCUT2D eigenvalue weighted by Gasteiger charge is -2.22. The summed E-state index contributed by atoms with van der Waals surface area (Å²) in [5.74, 6) is -0.722. The third kappa shape index (κ3) is 6.43. The molecule has 3 aromatic carbocycles. The van der Waals surface area contributed by atoms with Crippen molar-refractivity contribution in [2.24, 2.45) is 5.92 Å². The van der Waals surface area contributed by atoms with Crippen LogP contribution in [0.4, 0.5) is 21.9 Å². The fraction of sp³-hybridized carbons (Fsp3) is 0.160. The van der Waals surface area contributed by atoms with E-state index in [4.69, 9.17) is 0 Å². The van der Waals surface area contributed by atoms with Gasteiger partial charge in [0.2, 0.25) is 5.91 Å². The van der Waals surface area contributed by atoms with Crippen LogP contribution in [-0.4, -0.2) is 23.9 Å². The predicted molar refractivity (Wildman–Crippen MR) is 127 cm³/mol. The second-order valence-corrected chi connectivity index (χ2v) is 7.57. The number of benzene rings is 3. The van der Waals surface area contributed by atoms with E-state index in [0.717, 1.165) is 0 Å². The number of urea groups is 1. The highest BCUT2D eigenvalue weighted by molar-refractivity contribution is 6.02. The van der Waals surface area contributed by atoms with Gasteiger partial charge in [-0.05, 0) is 54.4 Å². The molecule has 3 aromatic rings. The number of carbonyl (C=O) groups excluding carboxylic acids is 3. The number of nitrogens with one attached hydrogen (secondary N) is 4. The van der Waals surface area contributed by atoms with E-state index in [9.17, 15) is 14.4 Å². The van der Waals surface area contributed by atoms with Gasteiger partial charge in [-0.1, -0.05) is 50.2 Å². The Bertz CT molecular complexity index is 1050. The van der Waals surface area contributed by atoms with Crippen molar-refractivity contribution in [3.8, 4) is 0 Å². The van der Waals surface area contributed by atoms with Gasteiger partial charge in [0.05, 0.1) is 0 Å². The van der Waals surface area contributed by atoms with E-state index in [0.29, 0.717) is 22.6 Å². The Morgan fingerprint density at radius 1 is 0.625 bits per heavy atom. The molecule has 0 aliphatic carbocycles. The first-order valence-electron chi connectivity index (χ1n) is 10.3. The van der Waals surface area contributed by atoms with Crippen LogP contribution in [0.3, 0.4) is 0 Å². The lowest BCUT2D eigenvalue weighted by Crippen LogP contribution is -2.47. The van der Waals surface area contributed by atoms with Crippen LogP contribution in [0.2, 0.25) is 0 Å². The number of rotatable bonds is 7. The fourth-order valence-electron chi connectivity index (χ4n) is 3.02. The van der Waals surface area contributed by atoms with E-state index in [1.807, 2.05) is 38.1 Å². The summed E-state index contributed by atoms with van der Waals surface area (Å²) in [6, 6.07) is 23.6. The third-order valence-electron chi connectivity index (χ3n) is 4.71. The standard InChI is InChI=1S/C25H26N4O3/c1-17(2)22(29-23(30)18-9-5-3-6-10-18)24(31)26-20-13-15-21(16-14-20)28-25(32)27-19-11-7-4-8-12-19/h3-17,22H,1-2H3,(H,26,31)(H,29,30)(H2,27,28,32). The van der Waals surface area contributed by atoms with Gasteiger partial charge in [0.15, 0.2) is 0 Å². The maximum atomic E-state index is 12.8. The molecular formula is C25H26N4O3. The zero-order valence-corrected chi connectivity index (χ0v) is 18.0. The smallest absolute Gasteiger partial charge is 0.323 e. The van der Waals surface area contributed by atoms with Crippen LogP contribution in [0, 0.1) is 5.92 Å². The van der Waals surface area contributed by atoms with E-state index in [1.165, 1.54) is 0 Å². The summed E-state index contributed by atoms with van der Waals surface area (Å²) in [6.45, 7) is 3.74. The first-order chi connectivity index (χ1) is 15.4. The minimum absolute atomic E-state index is 0.106. The van der Waals surface area contributed by atoms with Gasteiger partial charge < -0.3 is 21.3 Å². The predicted octanol–water partition coefficient (Wildman–Crippen LogP) is 4.72. The van der Waals surface area contributed by atoms with Gasteiger partial charge in [-0.3, -0.25) is 9.59 Å². The zero-order chi connectivity index (χ0) is 22.9. The van der Waals surface area contributed by atoms with Crippen molar-refractivity contribution in [3.63, 3.8) is 0 Å². The number of amides is 4. The summed E-state index contributed by atoms with van der Waals surface area (Å²) in [5.41, 5.74) is 2.32. The van der Waals surface area contributed by atoms with Gasteiger partial charge in [-0.15, -0.1) is 0 Å². The van der Waals surface area contributed by atoms with Gasteiger partial charge in [-0.2, -0.15) is 0 Å². The molecule has 7 nitrogen and oxygen atoms in total. The number of para-hydroxylation sites is 1. The van der Waals surface area contributed by atoms with E-state index in [1.54, 1.807) is 60.7 Å². The van der Waals surface area contributed by atoms with E-state index in [-0.39, 0.29) is 23.8 Å². The highest BCUT2D eigenvalue weighted by atomic mass is 16.2. The van der Waals surface area contributed by atoms with Crippen LogP contribution in [0.15, 0.2) is 84.9 Å². The first-order valence-corrected chi connectivity index (χ1v) is 10.3. The molecule has 4 amide bonds. The molecule has 0 fully saturated rings. The summed E-state index contributed by atoms with van der Waals surface area (Å²) in [6.07, 6.45) is 0. The topological polar surface area (TPSA) is 99.3 Å². The van der Waals surface area contributed by atoms with Gasteiger partial charge in [0.25, 0.3) is 5.91 Å². The third-order valence-corrected chi connectivity index (χ3v) is 4.71. The minimum atomic E-state index is -0.697. The Hall–Kier alpha value is -4.13. The van der Waals surface area contributed by atoms with Gasteiger partial charge >= 0.3 is 6.03 Å². The molecule has 4 N–H and O–H groups in total. The van der Waals surface area contributed by atoms with Crippen molar-refractivity contribution in [1.82, 2.24) is 5.32 Å². The summed E-state index contributed by atoms with van der Waals surface area (Å²) < 4.78 is 0. The Morgan fingerprint density at radius 3 is 1.62 bits per heavy atom. The molecule has 0 aliphatic heterocycles. The van der Waals surface area contributed by atoms with Crippen LogP contribution >= 0.6 is 0 Å². The van der Waals surface area contributed by atoms with Crippen LogP contribution in [0.25, 0.3) is 0 Å². The summed E-state index contributed by atoms with van der Waals surface area (Å²) in [4.78, 5) is 37.3. The van der Waals surface area contributed by atoms with Crippen molar-refractivity contribution in [2.45, 2.75) is 19.9 Å². The molecule has 164 valence electrons. The fourth-order valence-corrected chi connectivity index (χ4v) is 3.02. The molecule has 7 heteroatoms. The van der Waals surface area contributed by atoms with Gasteiger partial charge in [0, 0.05) is 22.6 Å². The van der Waals surface area contributed by atoms with Crippen molar-refractivity contribution in [3.05, 3.63) is 90.5 Å². The summed E-state index contributed by atoms with van der Waals surface area (Å²) in [7, 11) is 0. The van der Waals surface area contributed by atoms with Crippen LogP contribution in [-0.2, 0) is 4.79 Å². The van der Waals surface area contributed by atoms with E-state index in [2.05, 4.69) is 21.3 Å². The highest BCUT2D eigenvalue weighted by Crippen LogP contribution is 2.16. The Morgan fingerprint density at radius 2 is 1.09 bits per heavy atom. The molecule has 32 heavy (non-hydrogen) atoms. The van der Waals surface area contributed by atoms with Gasteiger partial charge in [0.1, 0.15) is 6.04 Å².